The van der Waals surface area contributed by atoms with E-state index in [4.69, 9.17) is 4.74 Å². The molecule has 3 rings (SSSR count). The average Bonchev–Trinajstić information content (AvgIpc) is 2.95. The van der Waals surface area contributed by atoms with Crippen molar-refractivity contribution in [3.05, 3.63) is 63.0 Å². The van der Waals surface area contributed by atoms with Crippen molar-refractivity contribution < 1.29 is 9.66 Å². The Morgan fingerprint density at radius 1 is 1.33 bits per heavy atom. The number of rotatable bonds is 6. The van der Waals surface area contributed by atoms with Crippen LogP contribution in [0.15, 0.2) is 47.2 Å². The Morgan fingerprint density at radius 3 is 2.92 bits per heavy atom. The molecule has 0 bridgehead atoms. The van der Waals surface area contributed by atoms with Gasteiger partial charge in [-0.2, -0.15) is 0 Å². The van der Waals surface area contributed by atoms with E-state index in [1.807, 2.05) is 28.9 Å². The van der Waals surface area contributed by atoms with Crippen molar-refractivity contribution >= 4 is 33.0 Å². The standard InChI is InChI=1S/C16H15BrN4O3/c1-2-24-14-5-3-4-13(16(14)21(22)23)18-8-12-10-20-9-11(17)6-7-15(20)19-12/h3-7,9-10,18H,2,8H2,1H3. The maximum atomic E-state index is 11.4. The highest BCUT2D eigenvalue weighted by atomic mass is 79.9. The predicted molar refractivity (Wildman–Crippen MR) is 94.5 cm³/mol. The zero-order valence-electron chi connectivity index (χ0n) is 12.9. The van der Waals surface area contributed by atoms with Crippen molar-refractivity contribution in [3.8, 4) is 5.75 Å². The number of nitrogens with one attached hydrogen (secondary N) is 1. The lowest BCUT2D eigenvalue weighted by Crippen LogP contribution is -2.05. The number of anilines is 1. The maximum absolute atomic E-state index is 11.4. The second-order valence-corrected chi connectivity index (χ2v) is 5.96. The number of halogens is 1. The number of ether oxygens (including phenoxy) is 1. The summed E-state index contributed by atoms with van der Waals surface area (Å²) in [5.41, 5.74) is 1.94. The first kappa shape index (κ1) is 16.3. The fraction of sp³-hybridized carbons (Fsp3) is 0.188. The van der Waals surface area contributed by atoms with Crippen LogP contribution in [0.5, 0.6) is 5.75 Å². The van der Waals surface area contributed by atoms with Gasteiger partial charge in [-0.25, -0.2) is 4.98 Å². The van der Waals surface area contributed by atoms with Crippen LogP contribution in [0.3, 0.4) is 0 Å². The summed E-state index contributed by atoms with van der Waals surface area (Å²) in [6.07, 6.45) is 3.79. The van der Waals surface area contributed by atoms with Crippen LogP contribution in [-0.2, 0) is 6.54 Å². The molecular weight excluding hydrogens is 376 g/mol. The fourth-order valence-corrected chi connectivity index (χ4v) is 2.77. The molecule has 0 amide bonds. The lowest BCUT2D eigenvalue weighted by Gasteiger charge is -2.09. The number of nitro benzene ring substituents is 1. The molecule has 24 heavy (non-hydrogen) atoms. The van der Waals surface area contributed by atoms with Gasteiger partial charge in [0.2, 0.25) is 0 Å². The number of nitrogens with zero attached hydrogens (tertiary/aromatic N) is 3. The summed E-state index contributed by atoms with van der Waals surface area (Å²) in [6.45, 7) is 2.53. The number of pyridine rings is 1. The van der Waals surface area contributed by atoms with E-state index >= 15 is 0 Å². The summed E-state index contributed by atoms with van der Waals surface area (Å²) in [7, 11) is 0. The quantitative estimate of drug-likeness (QED) is 0.507. The van der Waals surface area contributed by atoms with E-state index in [1.165, 1.54) is 0 Å². The molecule has 1 aromatic carbocycles. The van der Waals surface area contributed by atoms with Gasteiger partial charge in [0.05, 0.1) is 23.8 Å². The minimum Gasteiger partial charge on any atom is -0.487 e. The Kier molecular flexibility index (Phi) is 4.66. The smallest absolute Gasteiger partial charge is 0.333 e. The fourth-order valence-electron chi connectivity index (χ4n) is 2.41. The third kappa shape index (κ3) is 3.33. The molecule has 0 spiro atoms. The number of para-hydroxylation sites is 1. The molecule has 0 saturated heterocycles. The van der Waals surface area contributed by atoms with E-state index in [2.05, 4.69) is 26.2 Å². The molecule has 0 saturated carbocycles. The van der Waals surface area contributed by atoms with Gasteiger partial charge in [0, 0.05) is 16.9 Å². The second-order valence-electron chi connectivity index (χ2n) is 5.04. The van der Waals surface area contributed by atoms with E-state index in [0.717, 1.165) is 15.8 Å². The third-order valence-corrected chi connectivity index (χ3v) is 3.88. The minimum atomic E-state index is -0.436. The van der Waals surface area contributed by atoms with Gasteiger partial charge in [-0.3, -0.25) is 10.1 Å². The molecular formula is C16H15BrN4O3. The summed E-state index contributed by atoms with van der Waals surface area (Å²) < 4.78 is 8.19. The Morgan fingerprint density at radius 2 is 2.17 bits per heavy atom. The van der Waals surface area contributed by atoms with Crippen LogP contribution >= 0.6 is 15.9 Å². The van der Waals surface area contributed by atoms with Crippen LogP contribution in [0.2, 0.25) is 0 Å². The zero-order chi connectivity index (χ0) is 17.1. The molecule has 0 aliphatic carbocycles. The van der Waals surface area contributed by atoms with Crippen LogP contribution in [0, 0.1) is 10.1 Å². The normalized spacial score (nSPS) is 10.8. The van der Waals surface area contributed by atoms with E-state index in [-0.39, 0.29) is 11.4 Å². The summed E-state index contributed by atoms with van der Waals surface area (Å²) >= 11 is 3.41. The van der Waals surface area contributed by atoms with E-state index < -0.39 is 4.92 Å². The molecule has 7 nitrogen and oxygen atoms in total. The van der Waals surface area contributed by atoms with Crippen molar-refractivity contribution in [2.24, 2.45) is 0 Å². The van der Waals surface area contributed by atoms with Gasteiger partial charge in [0.15, 0.2) is 5.75 Å². The topological polar surface area (TPSA) is 81.7 Å². The van der Waals surface area contributed by atoms with Crippen molar-refractivity contribution in [2.45, 2.75) is 13.5 Å². The maximum Gasteiger partial charge on any atom is 0.333 e. The highest BCUT2D eigenvalue weighted by molar-refractivity contribution is 9.10. The van der Waals surface area contributed by atoms with E-state index in [1.54, 1.807) is 25.1 Å². The number of hydrogen-bond acceptors (Lipinski definition) is 5. The summed E-state index contributed by atoms with van der Waals surface area (Å²) in [5.74, 6) is 0.256. The van der Waals surface area contributed by atoms with Crippen LogP contribution in [-0.4, -0.2) is 20.9 Å². The molecule has 0 aliphatic rings. The first-order chi connectivity index (χ1) is 11.6. The summed E-state index contributed by atoms with van der Waals surface area (Å²) in [6, 6.07) is 8.78. The van der Waals surface area contributed by atoms with Crippen molar-refractivity contribution in [3.63, 3.8) is 0 Å². The monoisotopic (exact) mass is 390 g/mol. The largest absolute Gasteiger partial charge is 0.487 e. The van der Waals surface area contributed by atoms with Crippen molar-refractivity contribution in [2.75, 3.05) is 11.9 Å². The van der Waals surface area contributed by atoms with Gasteiger partial charge in [0.1, 0.15) is 11.3 Å². The van der Waals surface area contributed by atoms with Gasteiger partial charge in [-0.15, -0.1) is 0 Å². The zero-order valence-corrected chi connectivity index (χ0v) is 14.5. The molecule has 1 N–H and O–H groups in total. The molecule has 0 aliphatic heterocycles. The first-order valence-electron chi connectivity index (χ1n) is 7.35. The van der Waals surface area contributed by atoms with Gasteiger partial charge in [-0.1, -0.05) is 6.07 Å². The Balaban J connectivity index is 1.85. The summed E-state index contributed by atoms with van der Waals surface area (Å²) in [5, 5.41) is 14.4. The van der Waals surface area contributed by atoms with Crippen LogP contribution < -0.4 is 10.1 Å². The van der Waals surface area contributed by atoms with Gasteiger partial charge in [-0.05, 0) is 47.1 Å². The highest BCUT2D eigenvalue weighted by Gasteiger charge is 2.20. The van der Waals surface area contributed by atoms with Crippen LogP contribution in [0.4, 0.5) is 11.4 Å². The Labute approximate surface area is 146 Å². The van der Waals surface area contributed by atoms with E-state index in [0.29, 0.717) is 18.8 Å². The van der Waals surface area contributed by atoms with Gasteiger partial charge in [0.25, 0.3) is 0 Å². The Hall–Kier alpha value is -2.61. The molecule has 3 aromatic rings. The number of fused-ring (bicyclic) bond motifs is 1. The SMILES string of the molecule is CCOc1cccc(NCc2cn3cc(Br)ccc3n2)c1[N+](=O)[O-]. The molecule has 0 fully saturated rings. The van der Waals surface area contributed by atoms with Crippen molar-refractivity contribution in [1.82, 2.24) is 9.38 Å². The second kappa shape index (κ2) is 6.88. The third-order valence-electron chi connectivity index (χ3n) is 3.41. The Bertz CT molecular complexity index is 894. The molecule has 124 valence electrons. The van der Waals surface area contributed by atoms with Gasteiger partial charge >= 0.3 is 5.69 Å². The highest BCUT2D eigenvalue weighted by Crippen LogP contribution is 2.34. The van der Waals surface area contributed by atoms with Crippen molar-refractivity contribution in [1.29, 1.82) is 0 Å². The predicted octanol–water partition coefficient (Wildman–Crippen LogP) is 4.02. The molecule has 2 heterocycles. The number of hydrogen-bond donors (Lipinski definition) is 1. The molecule has 2 aromatic heterocycles. The molecule has 0 unspecified atom stereocenters. The number of imidazole rings is 1. The summed E-state index contributed by atoms with van der Waals surface area (Å²) in [4.78, 5) is 15.4. The first-order valence-corrected chi connectivity index (χ1v) is 8.15. The van der Waals surface area contributed by atoms with Crippen LogP contribution in [0.1, 0.15) is 12.6 Å². The molecule has 8 heteroatoms. The number of aromatic nitrogens is 2. The molecule has 0 radical (unpaired) electrons. The van der Waals surface area contributed by atoms with E-state index in [9.17, 15) is 10.1 Å². The average molecular weight is 391 g/mol. The number of benzene rings is 1. The molecule has 0 atom stereocenters. The minimum absolute atomic E-state index is 0.0640. The van der Waals surface area contributed by atoms with Gasteiger partial charge < -0.3 is 14.5 Å². The number of nitro groups is 1. The van der Waals surface area contributed by atoms with Crippen LogP contribution in [0.25, 0.3) is 5.65 Å². The lowest BCUT2D eigenvalue weighted by atomic mass is 10.2. The lowest BCUT2D eigenvalue weighted by molar-refractivity contribution is -0.384.